The molecule has 0 spiro atoms. The minimum Gasteiger partial charge on any atom is -0.497 e. The Hall–Kier alpha value is -1.94. The van der Waals surface area contributed by atoms with Gasteiger partial charge in [0.15, 0.2) is 0 Å². The van der Waals surface area contributed by atoms with Crippen molar-refractivity contribution < 1.29 is 19.0 Å². The van der Waals surface area contributed by atoms with Gasteiger partial charge in [0.25, 0.3) is 0 Å². The molecule has 3 rings (SSSR count). The fourth-order valence-electron chi connectivity index (χ4n) is 2.63. The number of furan rings is 1. The van der Waals surface area contributed by atoms with Crippen LogP contribution in [0.2, 0.25) is 0 Å². The number of hydrogen-bond acceptors (Lipinski definition) is 4. The molecular formula is C17H20O4. The molecule has 1 aliphatic carbocycles. The van der Waals surface area contributed by atoms with E-state index in [9.17, 15) is 5.11 Å². The summed E-state index contributed by atoms with van der Waals surface area (Å²) in [4.78, 5) is 0. The first-order valence-corrected chi connectivity index (χ1v) is 7.13. The quantitative estimate of drug-likeness (QED) is 0.915. The summed E-state index contributed by atoms with van der Waals surface area (Å²) < 4.78 is 16.3. The van der Waals surface area contributed by atoms with Crippen LogP contribution in [0.1, 0.15) is 42.5 Å². The molecule has 1 N–H and O–H groups in total. The van der Waals surface area contributed by atoms with Crippen molar-refractivity contribution in [3.05, 3.63) is 47.4 Å². The van der Waals surface area contributed by atoms with E-state index in [0.29, 0.717) is 34.7 Å². The zero-order valence-electron chi connectivity index (χ0n) is 12.5. The molecular weight excluding hydrogens is 268 g/mol. The van der Waals surface area contributed by atoms with Gasteiger partial charge in [-0.3, -0.25) is 0 Å². The Bertz CT molecular complexity index is 631. The lowest BCUT2D eigenvalue weighted by atomic mass is 10.1. The van der Waals surface area contributed by atoms with Crippen molar-refractivity contribution in [3.63, 3.8) is 0 Å². The molecule has 0 saturated heterocycles. The van der Waals surface area contributed by atoms with Crippen molar-refractivity contribution in [2.75, 3.05) is 14.2 Å². The number of aliphatic hydroxyl groups excluding tert-OH is 1. The van der Waals surface area contributed by atoms with Gasteiger partial charge in [-0.15, -0.1) is 0 Å². The highest BCUT2D eigenvalue weighted by molar-refractivity contribution is 5.44. The summed E-state index contributed by atoms with van der Waals surface area (Å²) in [5.41, 5.74) is 0.669. The highest BCUT2D eigenvalue weighted by atomic mass is 16.5. The molecule has 0 bridgehead atoms. The molecule has 1 aliphatic rings. The Kier molecular flexibility index (Phi) is 3.64. The monoisotopic (exact) mass is 288 g/mol. The number of hydrogen-bond donors (Lipinski definition) is 1. The molecule has 1 saturated carbocycles. The maximum Gasteiger partial charge on any atom is 0.140 e. The minimum absolute atomic E-state index is 0.503. The zero-order valence-corrected chi connectivity index (χ0v) is 12.5. The van der Waals surface area contributed by atoms with E-state index in [1.807, 2.05) is 12.1 Å². The summed E-state index contributed by atoms with van der Waals surface area (Å²) in [5, 5.41) is 10.5. The Morgan fingerprint density at radius 2 is 1.95 bits per heavy atom. The standard InChI is InChI=1S/C17H20O4/c1-10-8-13(10)14-6-7-15(21-14)17(18)12-5-4-11(19-2)9-16(12)20-3/h4-7,9-10,13,17-18H,8H2,1-3H3. The van der Waals surface area contributed by atoms with Crippen LogP contribution in [-0.2, 0) is 0 Å². The molecule has 0 amide bonds. The molecule has 3 atom stereocenters. The largest absolute Gasteiger partial charge is 0.497 e. The first-order chi connectivity index (χ1) is 10.1. The van der Waals surface area contributed by atoms with Crippen LogP contribution in [-0.4, -0.2) is 19.3 Å². The summed E-state index contributed by atoms with van der Waals surface area (Å²) in [5.74, 6) is 3.96. The second-order valence-electron chi connectivity index (χ2n) is 5.57. The Morgan fingerprint density at radius 1 is 1.19 bits per heavy atom. The fourth-order valence-corrected chi connectivity index (χ4v) is 2.63. The molecule has 21 heavy (non-hydrogen) atoms. The van der Waals surface area contributed by atoms with Crippen LogP contribution >= 0.6 is 0 Å². The van der Waals surface area contributed by atoms with Gasteiger partial charge < -0.3 is 19.0 Å². The molecule has 0 aliphatic heterocycles. The van der Waals surface area contributed by atoms with Crippen LogP contribution in [0.25, 0.3) is 0 Å². The lowest BCUT2D eigenvalue weighted by molar-refractivity contribution is 0.182. The first-order valence-electron chi connectivity index (χ1n) is 7.13. The van der Waals surface area contributed by atoms with Gasteiger partial charge in [-0.1, -0.05) is 6.92 Å². The molecule has 2 aromatic rings. The molecule has 4 nitrogen and oxygen atoms in total. The number of aliphatic hydroxyl groups is 1. The van der Waals surface area contributed by atoms with Gasteiger partial charge in [0.2, 0.25) is 0 Å². The molecule has 1 aromatic carbocycles. The Morgan fingerprint density at radius 3 is 2.57 bits per heavy atom. The highest BCUT2D eigenvalue weighted by Gasteiger charge is 2.37. The molecule has 1 aromatic heterocycles. The summed E-state index contributed by atoms with van der Waals surface area (Å²) >= 11 is 0. The molecule has 1 heterocycles. The average Bonchev–Trinajstić information content (AvgIpc) is 3.04. The van der Waals surface area contributed by atoms with Gasteiger partial charge in [0, 0.05) is 17.5 Å². The van der Waals surface area contributed by atoms with Crippen molar-refractivity contribution >= 4 is 0 Å². The predicted octanol–water partition coefficient (Wildman–Crippen LogP) is 3.50. The Labute approximate surface area is 124 Å². The van der Waals surface area contributed by atoms with Gasteiger partial charge in [-0.2, -0.15) is 0 Å². The molecule has 1 fully saturated rings. The second-order valence-corrected chi connectivity index (χ2v) is 5.57. The SMILES string of the molecule is COc1ccc(C(O)c2ccc(C3CC3C)o2)c(OC)c1. The van der Waals surface area contributed by atoms with E-state index < -0.39 is 6.10 Å². The van der Waals surface area contributed by atoms with E-state index in [0.717, 1.165) is 12.2 Å². The molecule has 4 heteroatoms. The first kappa shape index (κ1) is 14.0. The molecule has 0 radical (unpaired) electrons. The maximum absolute atomic E-state index is 10.5. The number of benzene rings is 1. The zero-order chi connectivity index (χ0) is 15.0. The van der Waals surface area contributed by atoms with Crippen LogP contribution < -0.4 is 9.47 Å². The third kappa shape index (κ3) is 2.63. The van der Waals surface area contributed by atoms with E-state index >= 15 is 0 Å². The lowest BCUT2D eigenvalue weighted by Gasteiger charge is -2.14. The van der Waals surface area contributed by atoms with E-state index in [2.05, 4.69) is 6.92 Å². The smallest absolute Gasteiger partial charge is 0.140 e. The molecule has 112 valence electrons. The van der Waals surface area contributed by atoms with Crippen molar-refractivity contribution in [2.45, 2.75) is 25.4 Å². The number of methoxy groups -OCH3 is 2. The van der Waals surface area contributed by atoms with E-state index in [1.54, 1.807) is 32.4 Å². The predicted molar refractivity (Wildman–Crippen MR) is 78.8 cm³/mol. The third-order valence-electron chi connectivity index (χ3n) is 4.13. The van der Waals surface area contributed by atoms with Crippen molar-refractivity contribution in [2.24, 2.45) is 5.92 Å². The minimum atomic E-state index is -0.839. The van der Waals surface area contributed by atoms with Crippen LogP contribution in [0.15, 0.2) is 34.7 Å². The van der Waals surface area contributed by atoms with Gasteiger partial charge in [0.1, 0.15) is 29.1 Å². The van der Waals surface area contributed by atoms with E-state index in [4.69, 9.17) is 13.9 Å². The van der Waals surface area contributed by atoms with Crippen LogP contribution in [0.5, 0.6) is 11.5 Å². The van der Waals surface area contributed by atoms with Crippen molar-refractivity contribution in [1.82, 2.24) is 0 Å². The second kappa shape index (κ2) is 5.45. The summed E-state index contributed by atoms with van der Waals surface area (Å²) in [6, 6.07) is 9.15. The average molecular weight is 288 g/mol. The highest BCUT2D eigenvalue weighted by Crippen LogP contribution is 2.48. The van der Waals surface area contributed by atoms with Crippen molar-refractivity contribution in [1.29, 1.82) is 0 Å². The topological polar surface area (TPSA) is 51.8 Å². The maximum atomic E-state index is 10.5. The van der Waals surface area contributed by atoms with Crippen LogP contribution in [0, 0.1) is 5.92 Å². The Balaban J connectivity index is 1.87. The van der Waals surface area contributed by atoms with Crippen molar-refractivity contribution in [3.8, 4) is 11.5 Å². The van der Waals surface area contributed by atoms with Gasteiger partial charge >= 0.3 is 0 Å². The van der Waals surface area contributed by atoms with Crippen LogP contribution in [0.4, 0.5) is 0 Å². The summed E-state index contributed by atoms with van der Waals surface area (Å²) in [6.45, 7) is 2.20. The normalized spacial score (nSPS) is 21.9. The third-order valence-corrected chi connectivity index (χ3v) is 4.13. The number of ether oxygens (including phenoxy) is 2. The fraction of sp³-hybridized carbons (Fsp3) is 0.412. The van der Waals surface area contributed by atoms with Gasteiger partial charge in [0.05, 0.1) is 14.2 Å². The van der Waals surface area contributed by atoms with E-state index in [-0.39, 0.29) is 0 Å². The summed E-state index contributed by atoms with van der Waals surface area (Å²) in [7, 11) is 3.17. The van der Waals surface area contributed by atoms with E-state index in [1.165, 1.54) is 0 Å². The van der Waals surface area contributed by atoms with Crippen LogP contribution in [0.3, 0.4) is 0 Å². The number of rotatable bonds is 5. The van der Waals surface area contributed by atoms with Gasteiger partial charge in [-0.05, 0) is 36.6 Å². The lowest BCUT2D eigenvalue weighted by Crippen LogP contribution is -2.01. The summed E-state index contributed by atoms with van der Waals surface area (Å²) in [6.07, 6.45) is 0.322. The van der Waals surface area contributed by atoms with Gasteiger partial charge in [-0.25, -0.2) is 0 Å². The molecule has 3 unspecified atom stereocenters.